The Morgan fingerprint density at radius 3 is 2.77 bits per heavy atom. The first-order chi connectivity index (χ1) is 6.09. The van der Waals surface area contributed by atoms with E-state index in [0.717, 1.165) is 12.4 Å². The predicted octanol–water partition coefficient (Wildman–Crippen LogP) is 1.04. The van der Waals surface area contributed by atoms with Crippen LogP contribution in [0.5, 0.6) is 0 Å². The molecule has 6 heteroatoms. The number of nitrogens with zero attached hydrogens (tertiary/aromatic N) is 2. The smallest absolute Gasteiger partial charge is 0.309 e. The second kappa shape index (κ2) is 3.88. The van der Waals surface area contributed by atoms with Crippen molar-refractivity contribution in [3.05, 3.63) is 23.8 Å². The first kappa shape index (κ1) is 9.50. The summed E-state index contributed by atoms with van der Waals surface area (Å²) in [6.45, 7) is 0. The predicted molar refractivity (Wildman–Crippen MR) is 38.3 cm³/mol. The third kappa shape index (κ3) is 2.73. The molecule has 0 aliphatic rings. The van der Waals surface area contributed by atoms with Crippen molar-refractivity contribution in [2.24, 2.45) is 0 Å². The maximum absolute atomic E-state index is 12.0. The van der Waals surface area contributed by atoms with Crippen molar-refractivity contribution in [1.29, 1.82) is 0 Å². The number of halogens is 2. The molecule has 13 heavy (non-hydrogen) atoms. The fourth-order valence-corrected chi connectivity index (χ4v) is 0.768. The molecule has 0 saturated heterocycles. The van der Waals surface area contributed by atoms with Gasteiger partial charge in [-0.25, -0.2) is 13.8 Å². The van der Waals surface area contributed by atoms with Crippen LogP contribution >= 0.6 is 0 Å². The van der Waals surface area contributed by atoms with Crippen molar-refractivity contribution in [3.63, 3.8) is 0 Å². The van der Waals surface area contributed by atoms with Crippen molar-refractivity contribution in [1.82, 2.24) is 9.97 Å². The van der Waals surface area contributed by atoms with Crippen LogP contribution in [0, 0.1) is 0 Å². The van der Waals surface area contributed by atoms with E-state index in [9.17, 15) is 13.6 Å². The van der Waals surface area contributed by atoms with Crippen molar-refractivity contribution in [2.75, 3.05) is 0 Å². The molecule has 0 aliphatic heterocycles. The molecule has 1 N–H and O–H groups in total. The largest absolute Gasteiger partial charge is 0.481 e. The highest BCUT2D eigenvalue weighted by molar-refractivity contribution is 5.69. The monoisotopic (exact) mass is 188 g/mol. The lowest BCUT2D eigenvalue weighted by Crippen LogP contribution is -2.04. The Morgan fingerprint density at radius 2 is 2.23 bits per heavy atom. The van der Waals surface area contributed by atoms with E-state index in [-0.39, 0.29) is 5.69 Å². The number of aromatic nitrogens is 2. The molecule has 0 fully saturated rings. The Balaban J connectivity index is 2.85. The normalized spacial score (nSPS) is 10.4. The van der Waals surface area contributed by atoms with Crippen LogP contribution in [0.15, 0.2) is 12.4 Å². The van der Waals surface area contributed by atoms with E-state index in [1.165, 1.54) is 0 Å². The molecule has 0 spiro atoms. The molecule has 1 rings (SSSR count). The summed E-state index contributed by atoms with van der Waals surface area (Å²) >= 11 is 0. The van der Waals surface area contributed by atoms with Crippen LogP contribution in [-0.2, 0) is 11.2 Å². The molecule has 0 radical (unpaired) electrons. The first-order valence-corrected chi connectivity index (χ1v) is 3.40. The molecular formula is C7H6F2N2O2. The molecule has 0 atom stereocenters. The van der Waals surface area contributed by atoms with E-state index in [4.69, 9.17) is 5.11 Å². The number of carboxylic acid groups (broad SMARTS) is 1. The molecule has 70 valence electrons. The fourth-order valence-electron chi connectivity index (χ4n) is 0.768. The number of carboxylic acids is 1. The minimum atomic E-state index is -2.72. The molecule has 0 aliphatic carbocycles. The van der Waals surface area contributed by atoms with Gasteiger partial charge in [0.2, 0.25) is 0 Å². The van der Waals surface area contributed by atoms with Crippen LogP contribution in [0.3, 0.4) is 0 Å². The van der Waals surface area contributed by atoms with Gasteiger partial charge in [0, 0.05) is 6.20 Å². The third-order valence-corrected chi connectivity index (χ3v) is 1.26. The number of aliphatic carboxylic acids is 1. The van der Waals surface area contributed by atoms with Gasteiger partial charge in [-0.15, -0.1) is 0 Å². The highest BCUT2D eigenvalue weighted by Crippen LogP contribution is 2.14. The number of hydrogen-bond donors (Lipinski definition) is 1. The third-order valence-electron chi connectivity index (χ3n) is 1.26. The number of rotatable bonds is 3. The average molecular weight is 188 g/mol. The van der Waals surface area contributed by atoms with Gasteiger partial charge in [-0.1, -0.05) is 0 Å². The molecule has 0 aromatic carbocycles. The van der Waals surface area contributed by atoms with Gasteiger partial charge in [0.05, 0.1) is 18.3 Å². The summed E-state index contributed by atoms with van der Waals surface area (Å²) in [5.41, 5.74) is -0.468. The lowest BCUT2D eigenvalue weighted by atomic mass is 10.3. The van der Waals surface area contributed by atoms with Crippen LogP contribution < -0.4 is 0 Å². The standard InChI is InChI=1S/C7H6F2N2O2/c8-7(9)5-3-10-2-4(11-5)1-6(12)13/h2-3,7H,1H2,(H,12,13). The van der Waals surface area contributed by atoms with E-state index in [1.807, 2.05) is 0 Å². The Labute approximate surface area is 72.3 Å². The molecule has 1 aromatic rings. The minimum absolute atomic E-state index is 0.0327. The topological polar surface area (TPSA) is 63.1 Å². The van der Waals surface area contributed by atoms with Gasteiger partial charge in [0.25, 0.3) is 6.43 Å². The summed E-state index contributed by atoms with van der Waals surface area (Å²) in [7, 11) is 0. The van der Waals surface area contributed by atoms with Crippen molar-refractivity contribution < 1.29 is 18.7 Å². The van der Waals surface area contributed by atoms with Crippen molar-refractivity contribution in [2.45, 2.75) is 12.8 Å². The summed E-state index contributed by atoms with van der Waals surface area (Å²) < 4.78 is 24.1. The van der Waals surface area contributed by atoms with E-state index in [0.29, 0.717) is 0 Å². The Hall–Kier alpha value is -1.59. The van der Waals surface area contributed by atoms with Crippen molar-refractivity contribution in [3.8, 4) is 0 Å². The highest BCUT2D eigenvalue weighted by Gasteiger charge is 2.10. The molecule has 0 amide bonds. The van der Waals surface area contributed by atoms with Crippen LogP contribution in [-0.4, -0.2) is 21.0 Å². The number of alkyl halides is 2. The van der Waals surface area contributed by atoms with Crippen LogP contribution in [0.2, 0.25) is 0 Å². The van der Waals surface area contributed by atoms with Gasteiger partial charge in [-0.05, 0) is 0 Å². The average Bonchev–Trinajstić information content (AvgIpc) is 2.03. The fraction of sp³-hybridized carbons (Fsp3) is 0.286. The van der Waals surface area contributed by atoms with Gasteiger partial charge in [-0.2, -0.15) is 0 Å². The quantitative estimate of drug-likeness (QED) is 0.769. The lowest BCUT2D eigenvalue weighted by Gasteiger charge is -1.99. The Morgan fingerprint density at radius 1 is 1.54 bits per heavy atom. The van der Waals surface area contributed by atoms with Gasteiger partial charge in [-0.3, -0.25) is 9.78 Å². The summed E-state index contributed by atoms with van der Waals surface area (Å²) in [6.07, 6.45) is -1.05. The minimum Gasteiger partial charge on any atom is -0.481 e. The maximum atomic E-state index is 12.0. The second-order valence-corrected chi connectivity index (χ2v) is 2.31. The van der Waals surface area contributed by atoms with Gasteiger partial charge in [0.15, 0.2) is 0 Å². The zero-order valence-electron chi connectivity index (χ0n) is 6.44. The molecule has 1 aromatic heterocycles. The Bertz CT molecular complexity index is 317. The molecule has 1 heterocycles. The van der Waals surface area contributed by atoms with E-state index >= 15 is 0 Å². The van der Waals surface area contributed by atoms with Gasteiger partial charge >= 0.3 is 5.97 Å². The highest BCUT2D eigenvalue weighted by atomic mass is 19.3. The molecular weight excluding hydrogens is 182 g/mol. The summed E-state index contributed by atoms with van der Waals surface area (Å²) in [5, 5.41) is 8.34. The van der Waals surface area contributed by atoms with Gasteiger partial charge in [0.1, 0.15) is 5.69 Å². The van der Waals surface area contributed by atoms with Gasteiger partial charge < -0.3 is 5.11 Å². The van der Waals surface area contributed by atoms with Crippen LogP contribution in [0.25, 0.3) is 0 Å². The summed E-state index contributed by atoms with van der Waals surface area (Å²) in [5.74, 6) is -1.12. The maximum Gasteiger partial charge on any atom is 0.309 e. The first-order valence-electron chi connectivity index (χ1n) is 3.40. The summed E-state index contributed by atoms with van der Waals surface area (Å²) in [6, 6.07) is 0. The molecule has 0 saturated carbocycles. The van der Waals surface area contributed by atoms with E-state index in [1.54, 1.807) is 0 Å². The van der Waals surface area contributed by atoms with Crippen LogP contribution in [0.1, 0.15) is 17.8 Å². The second-order valence-electron chi connectivity index (χ2n) is 2.31. The zero-order valence-corrected chi connectivity index (χ0v) is 6.44. The molecule has 4 nitrogen and oxygen atoms in total. The SMILES string of the molecule is O=C(O)Cc1cncc(C(F)F)n1. The zero-order chi connectivity index (χ0) is 9.84. The number of carbonyl (C=O) groups is 1. The van der Waals surface area contributed by atoms with E-state index < -0.39 is 24.5 Å². The lowest BCUT2D eigenvalue weighted by molar-refractivity contribution is -0.136. The van der Waals surface area contributed by atoms with Crippen molar-refractivity contribution >= 4 is 5.97 Å². The van der Waals surface area contributed by atoms with Crippen LogP contribution in [0.4, 0.5) is 8.78 Å². The molecule has 0 unspecified atom stereocenters. The summed E-state index contributed by atoms with van der Waals surface area (Å²) in [4.78, 5) is 17.1. The van der Waals surface area contributed by atoms with E-state index in [2.05, 4.69) is 9.97 Å². The Kier molecular flexibility index (Phi) is 2.84. The molecule has 0 bridgehead atoms. The number of hydrogen-bond acceptors (Lipinski definition) is 3.